The van der Waals surface area contributed by atoms with Gasteiger partial charge in [0.25, 0.3) is 0 Å². The van der Waals surface area contributed by atoms with Crippen LogP contribution in [0.5, 0.6) is 0 Å². The predicted octanol–water partition coefficient (Wildman–Crippen LogP) is 8.82. The Morgan fingerprint density at radius 2 is 1.36 bits per heavy atom. The second kappa shape index (κ2) is 10.1. The molecule has 2 N–H and O–H groups in total. The van der Waals surface area contributed by atoms with Crippen LogP contribution < -0.4 is 10.6 Å². The van der Waals surface area contributed by atoms with Crippen molar-refractivity contribution in [2.24, 2.45) is 4.99 Å². The van der Waals surface area contributed by atoms with Crippen molar-refractivity contribution in [1.29, 1.82) is 0 Å². The molecule has 44 heavy (non-hydrogen) atoms. The summed E-state index contributed by atoms with van der Waals surface area (Å²) in [7, 11) is 0. The molecule has 2 unspecified atom stereocenters. The van der Waals surface area contributed by atoms with E-state index < -0.39 is 0 Å². The Kier molecular flexibility index (Phi) is 5.78. The predicted molar refractivity (Wildman–Crippen MR) is 179 cm³/mol. The van der Waals surface area contributed by atoms with Crippen LogP contribution in [0.1, 0.15) is 46.7 Å². The van der Waals surface area contributed by atoms with Gasteiger partial charge in [-0.25, -0.2) is 4.99 Å². The highest BCUT2D eigenvalue weighted by Gasteiger charge is 2.30. The van der Waals surface area contributed by atoms with Crippen molar-refractivity contribution in [1.82, 2.24) is 15.2 Å². The number of hydrogen-bond acceptors (Lipinski definition) is 4. The van der Waals surface area contributed by atoms with Crippen molar-refractivity contribution >= 4 is 50.5 Å². The average Bonchev–Trinajstić information content (AvgIpc) is 3.64. The highest BCUT2D eigenvalue weighted by atomic mass is 16.3. The van der Waals surface area contributed by atoms with Crippen LogP contribution in [-0.2, 0) is 6.42 Å². The van der Waals surface area contributed by atoms with Crippen LogP contribution in [0.2, 0.25) is 0 Å². The van der Waals surface area contributed by atoms with Crippen molar-refractivity contribution in [3.8, 4) is 0 Å². The smallest absolute Gasteiger partial charge is 0.206 e. The van der Waals surface area contributed by atoms with E-state index in [-0.39, 0.29) is 12.3 Å². The number of furan rings is 1. The third kappa shape index (κ3) is 4.01. The minimum atomic E-state index is -0.185. The Balaban J connectivity index is 1.21. The second-order valence-corrected chi connectivity index (χ2v) is 11.6. The first-order valence-electron chi connectivity index (χ1n) is 15.3. The molecule has 1 aliphatic heterocycles. The number of benzene rings is 5. The number of aliphatic imine (C=N–C) groups is 1. The Morgan fingerprint density at radius 3 is 2.20 bits per heavy atom. The van der Waals surface area contributed by atoms with E-state index in [1.165, 1.54) is 38.7 Å². The highest BCUT2D eigenvalue weighted by molar-refractivity contribution is 6.10. The molecule has 0 radical (unpaired) electrons. The van der Waals surface area contributed by atoms with Crippen LogP contribution in [0.3, 0.4) is 0 Å². The Hall–Kier alpha value is -5.39. The molecule has 5 aromatic carbocycles. The van der Waals surface area contributed by atoms with Crippen molar-refractivity contribution in [3.63, 3.8) is 0 Å². The third-order valence-corrected chi connectivity index (χ3v) is 9.03. The molecule has 0 fully saturated rings. The van der Waals surface area contributed by atoms with Gasteiger partial charge in [-0.3, -0.25) is 9.88 Å². The Labute approximate surface area is 255 Å². The van der Waals surface area contributed by atoms with Crippen molar-refractivity contribution in [3.05, 3.63) is 155 Å². The molecule has 0 spiro atoms. The summed E-state index contributed by atoms with van der Waals surface area (Å²) in [5.41, 5.74) is 10.4. The van der Waals surface area contributed by atoms with Gasteiger partial charge >= 0.3 is 0 Å². The van der Waals surface area contributed by atoms with E-state index >= 15 is 0 Å². The second-order valence-electron chi connectivity index (χ2n) is 11.6. The Morgan fingerprint density at radius 1 is 0.659 bits per heavy atom. The lowest BCUT2D eigenvalue weighted by molar-refractivity contribution is 0.402. The maximum Gasteiger partial charge on any atom is 0.206 e. The first kappa shape index (κ1) is 25.1. The topological polar surface area (TPSA) is 54.5 Å². The number of nitrogens with zero attached hydrogens (tertiary/aromatic N) is 2. The number of hydrogen-bond donors (Lipinski definition) is 2. The average molecular weight is 571 g/mol. The van der Waals surface area contributed by atoms with E-state index in [1.807, 2.05) is 6.07 Å². The lowest BCUT2D eigenvalue weighted by Crippen LogP contribution is -2.47. The van der Waals surface area contributed by atoms with E-state index in [1.54, 1.807) is 0 Å². The summed E-state index contributed by atoms with van der Waals surface area (Å²) in [5.74, 6) is 0.861. The number of fused-ring (bicyclic) bond motifs is 6. The summed E-state index contributed by atoms with van der Waals surface area (Å²) >= 11 is 0. The van der Waals surface area contributed by atoms with Gasteiger partial charge in [-0.05, 0) is 47.8 Å². The molecule has 2 atom stereocenters. The summed E-state index contributed by atoms with van der Waals surface area (Å²) < 4.78 is 8.79. The largest absolute Gasteiger partial charge is 0.455 e. The zero-order valence-corrected chi connectivity index (χ0v) is 24.1. The summed E-state index contributed by atoms with van der Waals surface area (Å²) in [6.07, 6.45) is 3.91. The number of aromatic nitrogens is 1. The molecule has 212 valence electrons. The molecular weight excluding hydrogens is 540 g/mol. The molecule has 5 heteroatoms. The first-order valence-corrected chi connectivity index (χ1v) is 15.3. The number of rotatable bonds is 3. The molecule has 2 aliphatic rings. The van der Waals surface area contributed by atoms with Gasteiger partial charge in [0, 0.05) is 33.0 Å². The molecule has 0 saturated carbocycles. The Bertz CT molecular complexity index is 2240. The van der Waals surface area contributed by atoms with E-state index in [9.17, 15) is 0 Å². The minimum absolute atomic E-state index is 0.0916. The fourth-order valence-electron chi connectivity index (χ4n) is 6.96. The van der Waals surface area contributed by atoms with E-state index in [2.05, 4.69) is 143 Å². The number of para-hydroxylation sites is 3. The van der Waals surface area contributed by atoms with Gasteiger partial charge in [-0.15, -0.1) is 0 Å². The van der Waals surface area contributed by atoms with E-state index in [0.29, 0.717) is 0 Å². The zero-order chi connectivity index (χ0) is 29.0. The normalized spacial score (nSPS) is 18.2. The summed E-state index contributed by atoms with van der Waals surface area (Å²) in [6, 6.07) is 44.6. The third-order valence-electron chi connectivity index (χ3n) is 9.03. The molecule has 2 aromatic heterocycles. The van der Waals surface area contributed by atoms with Crippen LogP contribution in [0.15, 0.2) is 137 Å². The monoisotopic (exact) mass is 570 g/mol. The fourth-order valence-corrected chi connectivity index (χ4v) is 6.96. The number of allylic oxidation sites excluding steroid dienone is 1. The van der Waals surface area contributed by atoms with Gasteiger partial charge < -0.3 is 9.73 Å². The molecule has 0 amide bonds. The van der Waals surface area contributed by atoms with E-state index in [4.69, 9.17) is 9.41 Å². The first-order chi connectivity index (χ1) is 21.8. The van der Waals surface area contributed by atoms with Crippen LogP contribution in [0.4, 0.5) is 0 Å². The number of nitrogens with one attached hydrogen (secondary N) is 2. The van der Waals surface area contributed by atoms with Crippen LogP contribution in [0.25, 0.3) is 44.5 Å². The van der Waals surface area contributed by atoms with Gasteiger partial charge in [0.05, 0.1) is 5.52 Å². The lowest BCUT2D eigenvalue weighted by Gasteiger charge is -2.33. The highest BCUT2D eigenvalue weighted by Crippen LogP contribution is 2.41. The zero-order valence-electron chi connectivity index (χ0n) is 24.1. The van der Waals surface area contributed by atoms with Gasteiger partial charge in [-0.1, -0.05) is 115 Å². The molecular formula is C39H30N4O. The molecule has 0 bridgehead atoms. The fraction of sp³-hybridized carbons (Fsp3) is 0.103. The maximum atomic E-state index is 6.44. The van der Waals surface area contributed by atoms with Gasteiger partial charge in [0.1, 0.15) is 23.5 Å². The van der Waals surface area contributed by atoms with Gasteiger partial charge in [0.2, 0.25) is 5.96 Å². The summed E-state index contributed by atoms with van der Waals surface area (Å²) in [6.45, 7) is 0. The van der Waals surface area contributed by atoms with Crippen molar-refractivity contribution < 1.29 is 4.42 Å². The maximum absolute atomic E-state index is 6.44. The lowest BCUT2D eigenvalue weighted by atomic mass is 9.90. The van der Waals surface area contributed by atoms with Gasteiger partial charge in [-0.2, -0.15) is 0 Å². The van der Waals surface area contributed by atoms with Crippen molar-refractivity contribution in [2.45, 2.75) is 25.2 Å². The van der Waals surface area contributed by atoms with Crippen LogP contribution in [-0.4, -0.2) is 10.5 Å². The minimum Gasteiger partial charge on any atom is -0.455 e. The standard InChI is InChI=1S/C39H30N4O/c1-3-12-25(13-4-1)37-40-38(26-14-5-2-6-15-26)42-39(41-37)43-33-20-9-7-16-29(33)32-24-27(22-23-34(32)43)28-18-11-19-31-30-17-8-10-21-35(30)44-36(28)31/h1-21,24,37-38,40H,22-23H2,(H,41,42). The van der Waals surface area contributed by atoms with Crippen molar-refractivity contribution in [2.75, 3.05) is 0 Å². The summed E-state index contributed by atoms with van der Waals surface area (Å²) in [4.78, 5) is 5.29. The van der Waals surface area contributed by atoms with Crippen LogP contribution >= 0.6 is 0 Å². The molecule has 9 rings (SSSR count). The molecule has 7 aromatic rings. The van der Waals surface area contributed by atoms with Crippen LogP contribution in [0, 0.1) is 0 Å². The van der Waals surface area contributed by atoms with E-state index in [0.717, 1.165) is 46.4 Å². The molecule has 0 saturated heterocycles. The molecule has 5 nitrogen and oxygen atoms in total. The SMILES string of the molecule is C1=C(c2cccc3c2oc2ccccc23)CCc2c1c1ccccc1n2C1=NC(c2ccccc2)NC(c2ccccc2)N1. The van der Waals surface area contributed by atoms with Gasteiger partial charge in [0.15, 0.2) is 0 Å². The summed E-state index contributed by atoms with van der Waals surface area (Å²) in [5, 5.41) is 11.0. The molecule has 3 heterocycles. The quantitative estimate of drug-likeness (QED) is 0.223. The molecule has 1 aliphatic carbocycles.